The van der Waals surface area contributed by atoms with E-state index in [-0.39, 0.29) is 12.5 Å². The molecule has 1 rings (SSSR count). The third-order valence-electron chi connectivity index (χ3n) is 3.48. The van der Waals surface area contributed by atoms with Crippen molar-refractivity contribution in [2.24, 2.45) is 5.92 Å². The Kier molecular flexibility index (Phi) is 6.60. The van der Waals surface area contributed by atoms with Crippen LogP contribution in [0.5, 0.6) is 0 Å². The molecule has 1 aliphatic carbocycles. The Morgan fingerprint density at radius 3 is 2.67 bits per heavy atom. The van der Waals surface area contributed by atoms with Crippen LogP contribution in [0.4, 0.5) is 0 Å². The molecule has 5 heteroatoms. The standard InChI is InChI=1S/C13H25NO4/c1-11-3-5-13(16,6-4-11)10-14-12(15)9-18-8-7-17-2/h11,16H,3-10H2,1-2H3,(H,14,15). The zero-order valence-electron chi connectivity index (χ0n) is 11.4. The van der Waals surface area contributed by atoms with E-state index in [2.05, 4.69) is 12.2 Å². The topological polar surface area (TPSA) is 67.8 Å². The Morgan fingerprint density at radius 1 is 1.39 bits per heavy atom. The van der Waals surface area contributed by atoms with Gasteiger partial charge in [0.1, 0.15) is 6.61 Å². The Labute approximate surface area is 109 Å². The Balaban J connectivity index is 2.13. The number of aliphatic hydroxyl groups is 1. The van der Waals surface area contributed by atoms with Crippen LogP contribution in [0, 0.1) is 5.92 Å². The van der Waals surface area contributed by atoms with Gasteiger partial charge in [-0.3, -0.25) is 4.79 Å². The summed E-state index contributed by atoms with van der Waals surface area (Å²) in [6.45, 7) is 3.44. The summed E-state index contributed by atoms with van der Waals surface area (Å²) in [4.78, 5) is 11.5. The summed E-state index contributed by atoms with van der Waals surface area (Å²) in [7, 11) is 1.59. The molecule has 0 aromatic heterocycles. The number of methoxy groups -OCH3 is 1. The molecule has 2 N–H and O–H groups in total. The van der Waals surface area contributed by atoms with Crippen LogP contribution in [0.1, 0.15) is 32.6 Å². The van der Waals surface area contributed by atoms with Gasteiger partial charge in [-0.05, 0) is 31.6 Å². The fourth-order valence-corrected chi connectivity index (χ4v) is 2.10. The summed E-state index contributed by atoms with van der Waals surface area (Å²) in [5.41, 5.74) is -0.727. The summed E-state index contributed by atoms with van der Waals surface area (Å²) >= 11 is 0. The highest BCUT2D eigenvalue weighted by Crippen LogP contribution is 2.31. The first-order chi connectivity index (χ1) is 8.56. The summed E-state index contributed by atoms with van der Waals surface area (Å²) in [5.74, 6) is 0.497. The molecule has 0 aliphatic heterocycles. The third kappa shape index (κ3) is 5.80. The largest absolute Gasteiger partial charge is 0.388 e. The molecule has 0 aromatic carbocycles. The van der Waals surface area contributed by atoms with E-state index in [4.69, 9.17) is 9.47 Å². The van der Waals surface area contributed by atoms with E-state index in [0.29, 0.717) is 25.7 Å². The van der Waals surface area contributed by atoms with Crippen LogP contribution < -0.4 is 5.32 Å². The van der Waals surface area contributed by atoms with Crippen LogP contribution in [-0.2, 0) is 14.3 Å². The number of ether oxygens (including phenoxy) is 2. The molecule has 1 fully saturated rings. The summed E-state index contributed by atoms with van der Waals surface area (Å²) in [6.07, 6.45) is 3.57. The first kappa shape index (κ1) is 15.4. The molecule has 106 valence electrons. The van der Waals surface area contributed by atoms with Crippen molar-refractivity contribution >= 4 is 5.91 Å². The predicted octanol–water partition coefficient (Wildman–Crippen LogP) is 0.707. The van der Waals surface area contributed by atoms with E-state index in [9.17, 15) is 9.90 Å². The molecular formula is C13H25NO4. The SMILES string of the molecule is COCCOCC(=O)NCC1(O)CCC(C)CC1. The molecule has 0 bridgehead atoms. The van der Waals surface area contributed by atoms with Gasteiger partial charge in [-0.15, -0.1) is 0 Å². The van der Waals surface area contributed by atoms with Gasteiger partial charge in [0, 0.05) is 13.7 Å². The Hall–Kier alpha value is -0.650. The summed E-state index contributed by atoms with van der Waals surface area (Å²) in [6, 6.07) is 0. The lowest BCUT2D eigenvalue weighted by Crippen LogP contribution is -2.46. The second-order valence-electron chi connectivity index (χ2n) is 5.23. The molecule has 0 atom stereocenters. The summed E-state index contributed by atoms with van der Waals surface area (Å²) in [5, 5.41) is 13.0. The number of hydrogen-bond donors (Lipinski definition) is 2. The van der Waals surface area contributed by atoms with Crippen LogP contribution in [-0.4, -0.2) is 50.1 Å². The van der Waals surface area contributed by atoms with E-state index in [1.54, 1.807) is 7.11 Å². The van der Waals surface area contributed by atoms with Gasteiger partial charge in [0.25, 0.3) is 0 Å². The highest BCUT2D eigenvalue weighted by molar-refractivity contribution is 5.77. The van der Waals surface area contributed by atoms with Gasteiger partial charge >= 0.3 is 0 Å². The number of hydrogen-bond acceptors (Lipinski definition) is 4. The number of rotatable bonds is 7. The maximum absolute atomic E-state index is 11.5. The van der Waals surface area contributed by atoms with Gasteiger partial charge in [-0.2, -0.15) is 0 Å². The zero-order chi connectivity index (χ0) is 13.4. The highest BCUT2D eigenvalue weighted by Gasteiger charge is 2.31. The second kappa shape index (κ2) is 7.71. The number of carbonyl (C=O) groups excluding carboxylic acids is 1. The molecule has 0 radical (unpaired) electrons. The molecule has 0 aromatic rings. The maximum Gasteiger partial charge on any atom is 0.246 e. The van der Waals surface area contributed by atoms with Crippen molar-refractivity contribution in [1.82, 2.24) is 5.32 Å². The molecule has 1 aliphatic rings. The number of nitrogens with one attached hydrogen (secondary N) is 1. The lowest BCUT2D eigenvalue weighted by Gasteiger charge is -2.34. The van der Waals surface area contributed by atoms with E-state index in [0.717, 1.165) is 25.7 Å². The quantitative estimate of drug-likeness (QED) is 0.661. The minimum absolute atomic E-state index is 0.0237. The van der Waals surface area contributed by atoms with Gasteiger partial charge in [0.2, 0.25) is 5.91 Å². The lowest BCUT2D eigenvalue weighted by atomic mass is 9.79. The monoisotopic (exact) mass is 259 g/mol. The van der Waals surface area contributed by atoms with Crippen molar-refractivity contribution in [2.75, 3.05) is 33.5 Å². The molecule has 0 spiro atoms. The Bertz CT molecular complexity index is 249. The molecule has 18 heavy (non-hydrogen) atoms. The van der Waals surface area contributed by atoms with Crippen molar-refractivity contribution in [3.8, 4) is 0 Å². The smallest absolute Gasteiger partial charge is 0.246 e. The molecule has 0 unspecified atom stereocenters. The minimum Gasteiger partial charge on any atom is -0.388 e. The minimum atomic E-state index is -0.727. The first-order valence-electron chi connectivity index (χ1n) is 6.61. The number of carbonyl (C=O) groups is 1. The van der Waals surface area contributed by atoms with E-state index >= 15 is 0 Å². The van der Waals surface area contributed by atoms with E-state index < -0.39 is 5.60 Å². The average molecular weight is 259 g/mol. The van der Waals surface area contributed by atoms with Crippen LogP contribution >= 0.6 is 0 Å². The van der Waals surface area contributed by atoms with Gasteiger partial charge in [0.15, 0.2) is 0 Å². The van der Waals surface area contributed by atoms with Gasteiger partial charge < -0.3 is 19.9 Å². The summed E-state index contributed by atoms with van der Waals surface area (Å²) < 4.78 is 9.92. The predicted molar refractivity (Wildman–Crippen MR) is 68.3 cm³/mol. The molecule has 1 saturated carbocycles. The van der Waals surface area contributed by atoms with Gasteiger partial charge in [0.05, 0.1) is 18.8 Å². The van der Waals surface area contributed by atoms with Crippen molar-refractivity contribution in [3.05, 3.63) is 0 Å². The number of amides is 1. The van der Waals surface area contributed by atoms with Crippen LogP contribution in [0.2, 0.25) is 0 Å². The average Bonchev–Trinajstić information content (AvgIpc) is 2.36. The van der Waals surface area contributed by atoms with Crippen LogP contribution in [0.15, 0.2) is 0 Å². The van der Waals surface area contributed by atoms with Crippen molar-refractivity contribution in [2.45, 2.75) is 38.2 Å². The second-order valence-corrected chi connectivity index (χ2v) is 5.23. The molecular weight excluding hydrogens is 234 g/mol. The highest BCUT2D eigenvalue weighted by atomic mass is 16.5. The molecule has 1 amide bonds. The van der Waals surface area contributed by atoms with Crippen molar-refractivity contribution in [3.63, 3.8) is 0 Å². The van der Waals surface area contributed by atoms with Crippen LogP contribution in [0.3, 0.4) is 0 Å². The maximum atomic E-state index is 11.5. The zero-order valence-corrected chi connectivity index (χ0v) is 11.4. The van der Waals surface area contributed by atoms with E-state index in [1.165, 1.54) is 0 Å². The normalized spacial score (nSPS) is 28.1. The van der Waals surface area contributed by atoms with Gasteiger partial charge in [-0.1, -0.05) is 6.92 Å². The van der Waals surface area contributed by atoms with Gasteiger partial charge in [-0.25, -0.2) is 0 Å². The fourth-order valence-electron chi connectivity index (χ4n) is 2.10. The fraction of sp³-hybridized carbons (Fsp3) is 0.923. The molecule has 5 nitrogen and oxygen atoms in total. The van der Waals surface area contributed by atoms with E-state index in [1.807, 2.05) is 0 Å². The first-order valence-corrected chi connectivity index (χ1v) is 6.61. The molecule has 0 heterocycles. The molecule has 0 saturated heterocycles. The third-order valence-corrected chi connectivity index (χ3v) is 3.48. The lowest BCUT2D eigenvalue weighted by molar-refractivity contribution is -0.127. The van der Waals surface area contributed by atoms with Crippen LogP contribution in [0.25, 0.3) is 0 Å². The van der Waals surface area contributed by atoms with Crippen molar-refractivity contribution in [1.29, 1.82) is 0 Å². The Morgan fingerprint density at radius 2 is 2.06 bits per heavy atom. The van der Waals surface area contributed by atoms with Crippen molar-refractivity contribution < 1.29 is 19.4 Å².